The van der Waals surface area contributed by atoms with Crippen LogP contribution >= 0.6 is 11.3 Å². The minimum absolute atomic E-state index is 0.359. The fourth-order valence-electron chi connectivity index (χ4n) is 3.19. The van der Waals surface area contributed by atoms with E-state index in [1.165, 1.54) is 29.7 Å². The lowest BCUT2D eigenvalue weighted by Gasteiger charge is -2.17. The zero-order valence-corrected chi connectivity index (χ0v) is 11.6. The molecule has 1 fully saturated rings. The summed E-state index contributed by atoms with van der Waals surface area (Å²) >= 11 is 1.79. The first-order valence-corrected chi connectivity index (χ1v) is 7.81. The van der Waals surface area contributed by atoms with Gasteiger partial charge in [0, 0.05) is 4.88 Å². The smallest absolute Gasteiger partial charge is 0.268 e. The number of rotatable bonds is 2. The van der Waals surface area contributed by atoms with Crippen LogP contribution in [0.2, 0.25) is 0 Å². The molecule has 100 valence electrons. The molecular formula is C14H17N3OS. The van der Waals surface area contributed by atoms with E-state index in [2.05, 4.69) is 16.2 Å². The van der Waals surface area contributed by atoms with Gasteiger partial charge in [-0.15, -0.1) is 11.3 Å². The van der Waals surface area contributed by atoms with Crippen LogP contribution < -0.4 is 5.73 Å². The van der Waals surface area contributed by atoms with E-state index in [1.54, 1.807) is 11.3 Å². The molecule has 19 heavy (non-hydrogen) atoms. The summed E-state index contributed by atoms with van der Waals surface area (Å²) in [5, 5.41) is 4.12. The summed E-state index contributed by atoms with van der Waals surface area (Å²) in [5.41, 5.74) is 7.46. The van der Waals surface area contributed by atoms with Crippen molar-refractivity contribution in [3.05, 3.63) is 22.3 Å². The topological polar surface area (TPSA) is 64.9 Å². The lowest BCUT2D eigenvalue weighted by molar-refractivity contribution is 0.373. The highest BCUT2D eigenvalue weighted by atomic mass is 32.1. The number of thiophene rings is 1. The van der Waals surface area contributed by atoms with Gasteiger partial charge in [-0.25, -0.2) is 0 Å². The summed E-state index contributed by atoms with van der Waals surface area (Å²) in [6.45, 7) is 0. The second-order valence-corrected chi connectivity index (χ2v) is 6.84. The van der Waals surface area contributed by atoms with E-state index in [0.29, 0.717) is 11.7 Å². The maximum Gasteiger partial charge on any atom is 0.268 e. The monoisotopic (exact) mass is 275 g/mol. The van der Waals surface area contributed by atoms with Gasteiger partial charge in [-0.3, -0.25) is 0 Å². The summed E-state index contributed by atoms with van der Waals surface area (Å²) < 4.78 is 5.43. The van der Waals surface area contributed by atoms with Gasteiger partial charge in [-0.2, -0.15) is 4.98 Å². The molecule has 2 aromatic heterocycles. The van der Waals surface area contributed by atoms with Gasteiger partial charge in [0.1, 0.15) is 0 Å². The van der Waals surface area contributed by atoms with Crippen molar-refractivity contribution >= 4 is 11.3 Å². The lowest BCUT2D eigenvalue weighted by Crippen LogP contribution is -2.34. The molecule has 0 aromatic carbocycles. The van der Waals surface area contributed by atoms with Gasteiger partial charge in [0.15, 0.2) is 5.82 Å². The third kappa shape index (κ3) is 1.83. The Labute approximate surface area is 116 Å². The molecule has 0 amide bonds. The van der Waals surface area contributed by atoms with E-state index in [1.807, 2.05) is 0 Å². The maximum atomic E-state index is 6.36. The van der Waals surface area contributed by atoms with Crippen LogP contribution in [0.1, 0.15) is 48.4 Å². The predicted octanol–water partition coefficient (Wildman–Crippen LogP) is 3.01. The van der Waals surface area contributed by atoms with Crippen molar-refractivity contribution in [3.8, 4) is 10.8 Å². The largest absolute Gasteiger partial charge is 0.333 e. The molecule has 0 radical (unpaired) electrons. The Morgan fingerprint density at radius 3 is 2.84 bits per heavy atom. The van der Waals surface area contributed by atoms with E-state index in [9.17, 15) is 0 Å². The average Bonchev–Trinajstić information content (AvgIpc) is 3.11. The molecule has 0 aliphatic heterocycles. The molecule has 2 aliphatic rings. The number of nitrogens with two attached hydrogens (primary N) is 1. The Bertz CT molecular complexity index is 588. The quantitative estimate of drug-likeness (QED) is 0.915. The van der Waals surface area contributed by atoms with Crippen molar-refractivity contribution in [2.24, 2.45) is 5.73 Å². The number of fused-ring (bicyclic) bond motifs is 1. The van der Waals surface area contributed by atoms with Crippen LogP contribution in [0.15, 0.2) is 10.6 Å². The van der Waals surface area contributed by atoms with Crippen LogP contribution in [0.5, 0.6) is 0 Å². The SMILES string of the molecule is NC1(c2noc(-c3cc4c(s3)CCC4)n2)CCCC1. The van der Waals surface area contributed by atoms with E-state index >= 15 is 0 Å². The Morgan fingerprint density at radius 1 is 1.21 bits per heavy atom. The van der Waals surface area contributed by atoms with Crippen LogP contribution in [-0.4, -0.2) is 10.1 Å². The second-order valence-electron chi connectivity index (χ2n) is 5.70. The van der Waals surface area contributed by atoms with Gasteiger partial charge in [0.05, 0.1) is 10.4 Å². The number of aryl methyl sites for hydroxylation is 2. The summed E-state index contributed by atoms with van der Waals surface area (Å²) in [6.07, 6.45) is 7.92. The first kappa shape index (κ1) is 11.6. The standard InChI is InChI=1S/C14H17N3OS/c15-14(6-1-2-7-14)13-16-12(18-17-13)11-8-9-4-3-5-10(9)19-11/h8H,1-7,15H2. The molecule has 0 atom stereocenters. The second kappa shape index (κ2) is 4.15. The summed E-state index contributed by atoms with van der Waals surface area (Å²) in [7, 11) is 0. The third-order valence-corrected chi connectivity index (χ3v) is 5.55. The van der Waals surface area contributed by atoms with Crippen LogP contribution in [-0.2, 0) is 18.4 Å². The average molecular weight is 275 g/mol. The van der Waals surface area contributed by atoms with Crippen molar-refractivity contribution in [1.82, 2.24) is 10.1 Å². The molecule has 2 heterocycles. The van der Waals surface area contributed by atoms with Crippen molar-refractivity contribution in [2.75, 3.05) is 0 Å². The van der Waals surface area contributed by atoms with Crippen LogP contribution in [0.25, 0.3) is 10.8 Å². The number of hydrogen-bond acceptors (Lipinski definition) is 5. The summed E-state index contributed by atoms with van der Waals surface area (Å²) in [6, 6.07) is 2.21. The Balaban J connectivity index is 1.67. The van der Waals surface area contributed by atoms with E-state index in [-0.39, 0.29) is 5.54 Å². The van der Waals surface area contributed by atoms with E-state index in [0.717, 1.165) is 30.6 Å². The maximum absolute atomic E-state index is 6.36. The molecule has 2 aliphatic carbocycles. The molecule has 0 saturated heterocycles. The molecule has 4 rings (SSSR count). The van der Waals surface area contributed by atoms with Gasteiger partial charge < -0.3 is 10.3 Å². The highest BCUT2D eigenvalue weighted by Gasteiger charge is 2.36. The zero-order chi connectivity index (χ0) is 12.9. The lowest BCUT2D eigenvalue weighted by atomic mass is 9.99. The van der Waals surface area contributed by atoms with Gasteiger partial charge >= 0.3 is 0 Å². The molecule has 0 bridgehead atoms. The van der Waals surface area contributed by atoms with Gasteiger partial charge in [-0.1, -0.05) is 18.0 Å². The molecule has 5 heteroatoms. The van der Waals surface area contributed by atoms with Crippen molar-refractivity contribution < 1.29 is 4.52 Å². The first-order valence-electron chi connectivity index (χ1n) is 7.00. The van der Waals surface area contributed by atoms with Crippen LogP contribution in [0.3, 0.4) is 0 Å². The Hall–Kier alpha value is -1.20. The van der Waals surface area contributed by atoms with Crippen molar-refractivity contribution in [1.29, 1.82) is 0 Å². The van der Waals surface area contributed by atoms with Gasteiger partial charge in [-0.05, 0) is 43.7 Å². The summed E-state index contributed by atoms with van der Waals surface area (Å²) in [4.78, 5) is 7.14. The van der Waals surface area contributed by atoms with Crippen LogP contribution in [0, 0.1) is 0 Å². The molecule has 0 unspecified atom stereocenters. The number of hydrogen-bond donors (Lipinski definition) is 1. The zero-order valence-electron chi connectivity index (χ0n) is 10.8. The number of nitrogens with zero attached hydrogens (tertiary/aromatic N) is 2. The minimum atomic E-state index is -0.359. The minimum Gasteiger partial charge on any atom is -0.333 e. The predicted molar refractivity (Wildman–Crippen MR) is 74.0 cm³/mol. The van der Waals surface area contributed by atoms with E-state index < -0.39 is 0 Å². The highest BCUT2D eigenvalue weighted by Crippen LogP contribution is 2.38. The molecule has 2 N–H and O–H groups in total. The Morgan fingerprint density at radius 2 is 2.05 bits per heavy atom. The first-order chi connectivity index (χ1) is 9.24. The molecule has 4 nitrogen and oxygen atoms in total. The van der Waals surface area contributed by atoms with Crippen LogP contribution in [0.4, 0.5) is 0 Å². The molecule has 0 spiro atoms. The normalized spacial score (nSPS) is 20.9. The molecular weight excluding hydrogens is 258 g/mol. The molecule has 2 aromatic rings. The van der Waals surface area contributed by atoms with Crippen molar-refractivity contribution in [3.63, 3.8) is 0 Å². The fraction of sp³-hybridized carbons (Fsp3) is 0.571. The van der Waals surface area contributed by atoms with Gasteiger partial charge in [0.2, 0.25) is 0 Å². The molecule has 1 saturated carbocycles. The van der Waals surface area contributed by atoms with Crippen molar-refractivity contribution in [2.45, 2.75) is 50.5 Å². The fourth-order valence-corrected chi connectivity index (χ4v) is 4.37. The third-order valence-electron chi connectivity index (χ3n) is 4.32. The van der Waals surface area contributed by atoms with E-state index in [4.69, 9.17) is 10.3 Å². The Kier molecular flexibility index (Phi) is 2.53. The van der Waals surface area contributed by atoms with Gasteiger partial charge in [0.25, 0.3) is 5.89 Å². The summed E-state index contributed by atoms with van der Waals surface area (Å²) in [5.74, 6) is 1.33. The number of aromatic nitrogens is 2. The highest BCUT2D eigenvalue weighted by molar-refractivity contribution is 7.15.